The van der Waals surface area contributed by atoms with Gasteiger partial charge in [0, 0.05) is 36.5 Å². The first-order valence-electron chi connectivity index (χ1n) is 13.0. The lowest BCUT2D eigenvalue weighted by atomic mass is 10.0. The molecule has 0 radical (unpaired) electrons. The van der Waals surface area contributed by atoms with Crippen LogP contribution >= 0.6 is 0 Å². The number of imidazole rings is 1. The van der Waals surface area contributed by atoms with Crippen LogP contribution < -0.4 is 0 Å². The predicted octanol–water partition coefficient (Wildman–Crippen LogP) is 6.68. The number of carbonyl (C=O) groups is 1. The van der Waals surface area contributed by atoms with Crippen LogP contribution in [0.4, 0.5) is 0 Å². The summed E-state index contributed by atoms with van der Waals surface area (Å²) in [5, 5.41) is 1.11. The number of aryl methyl sites for hydroxylation is 1. The molecular formula is C31H29N3O2. The second kappa shape index (κ2) is 8.37. The molecule has 1 saturated heterocycles. The van der Waals surface area contributed by atoms with Crippen molar-refractivity contribution in [3.05, 3.63) is 78.6 Å². The predicted molar refractivity (Wildman–Crippen MR) is 143 cm³/mol. The molecule has 1 atom stereocenters. The third-order valence-corrected chi connectivity index (χ3v) is 7.80. The highest BCUT2D eigenvalue weighted by Crippen LogP contribution is 2.35. The topological polar surface area (TPSA) is 51.3 Å². The zero-order valence-electron chi connectivity index (χ0n) is 20.5. The molecule has 1 aliphatic carbocycles. The van der Waals surface area contributed by atoms with Crippen molar-refractivity contribution in [3.8, 4) is 22.5 Å². The standard InChI is InChI=1S/C31H29N3O2/c1-20-2-10-28-27(16-20)32-30(34(28)19-21-12-14-33(18-21)31(35)24-7-8-24)23-5-3-22(4-6-23)25-9-11-29-26(17-25)13-15-36-29/h2-6,9-11,13,15-17,21,24H,7-8,12,14,18-19H2,1H3. The Morgan fingerprint density at radius 1 is 0.944 bits per heavy atom. The summed E-state index contributed by atoms with van der Waals surface area (Å²) >= 11 is 0. The highest BCUT2D eigenvalue weighted by molar-refractivity contribution is 5.85. The minimum Gasteiger partial charge on any atom is -0.464 e. The molecule has 1 aliphatic heterocycles. The summed E-state index contributed by atoms with van der Waals surface area (Å²) in [5.74, 6) is 2.11. The number of aromatic nitrogens is 2. The second-order valence-electron chi connectivity index (χ2n) is 10.5. The molecule has 1 unspecified atom stereocenters. The van der Waals surface area contributed by atoms with Crippen LogP contribution in [0.1, 0.15) is 24.8 Å². The number of likely N-dealkylation sites (tertiary alicyclic amines) is 1. The van der Waals surface area contributed by atoms with Gasteiger partial charge in [0.25, 0.3) is 0 Å². The van der Waals surface area contributed by atoms with Gasteiger partial charge in [0.05, 0.1) is 17.3 Å². The average molecular weight is 476 g/mol. The monoisotopic (exact) mass is 475 g/mol. The van der Waals surface area contributed by atoms with Crippen LogP contribution in [0.15, 0.2) is 77.4 Å². The lowest BCUT2D eigenvalue weighted by Crippen LogP contribution is -2.30. The number of rotatable bonds is 5. The summed E-state index contributed by atoms with van der Waals surface area (Å²) in [4.78, 5) is 19.8. The quantitative estimate of drug-likeness (QED) is 0.285. The number of hydrogen-bond acceptors (Lipinski definition) is 3. The summed E-state index contributed by atoms with van der Waals surface area (Å²) in [6, 6.07) is 23.5. The second-order valence-corrected chi connectivity index (χ2v) is 10.5. The van der Waals surface area contributed by atoms with E-state index in [1.807, 2.05) is 12.1 Å². The van der Waals surface area contributed by atoms with Crippen LogP contribution in [-0.2, 0) is 11.3 Å². The summed E-state index contributed by atoms with van der Waals surface area (Å²) in [5.41, 5.74) is 7.77. The Morgan fingerprint density at radius 3 is 2.58 bits per heavy atom. The van der Waals surface area contributed by atoms with Crippen LogP contribution in [0, 0.1) is 18.8 Å². The molecule has 5 aromatic rings. The summed E-state index contributed by atoms with van der Waals surface area (Å²) < 4.78 is 7.86. The van der Waals surface area contributed by atoms with Gasteiger partial charge in [-0.15, -0.1) is 0 Å². The van der Waals surface area contributed by atoms with E-state index >= 15 is 0 Å². The van der Waals surface area contributed by atoms with Gasteiger partial charge in [0.1, 0.15) is 11.4 Å². The highest BCUT2D eigenvalue weighted by atomic mass is 16.3. The first kappa shape index (κ1) is 21.4. The fraction of sp³-hybridized carbons (Fsp3) is 0.290. The zero-order valence-corrected chi connectivity index (χ0v) is 20.5. The molecule has 0 spiro atoms. The smallest absolute Gasteiger partial charge is 0.225 e. The molecule has 2 aliphatic rings. The number of benzene rings is 3. The molecule has 5 nitrogen and oxygen atoms in total. The van der Waals surface area contributed by atoms with Gasteiger partial charge in [-0.3, -0.25) is 4.79 Å². The van der Waals surface area contributed by atoms with Gasteiger partial charge in [-0.05, 0) is 79.1 Å². The Labute approximate surface area is 210 Å². The summed E-state index contributed by atoms with van der Waals surface area (Å²) in [6.07, 6.45) is 4.93. The normalized spacial score (nSPS) is 17.9. The molecule has 0 bridgehead atoms. The van der Waals surface area contributed by atoms with Crippen molar-refractivity contribution in [2.24, 2.45) is 11.8 Å². The largest absolute Gasteiger partial charge is 0.464 e. The number of nitrogens with zero attached hydrogens (tertiary/aromatic N) is 3. The number of fused-ring (bicyclic) bond motifs is 2. The van der Waals surface area contributed by atoms with Gasteiger partial charge in [0.15, 0.2) is 0 Å². The van der Waals surface area contributed by atoms with Gasteiger partial charge in [-0.25, -0.2) is 4.98 Å². The minimum atomic E-state index is 0.295. The molecule has 3 aromatic carbocycles. The zero-order chi connectivity index (χ0) is 24.2. The van der Waals surface area contributed by atoms with E-state index in [9.17, 15) is 4.79 Å². The van der Waals surface area contributed by atoms with Gasteiger partial charge in [-0.1, -0.05) is 36.4 Å². The molecule has 1 saturated carbocycles. The molecule has 7 rings (SSSR count). The van der Waals surface area contributed by atoms with E-state index in [1.165, 1.54) is 16.7 Å². The Kier molecular flexibility index (Phi) is 4.98. The fourth-order valence-electron chi connectivity index (χ4n) is 5.63. The molecule has 1 amide bonds. The third-order valence-electron chi connectivity index (χ3n) is 7.80. The molecule has 180 valence electrons. The van der Waals surface area contributed by atoms with Crippen LogP contribution in [0.5, 0.6) is 0 Å². The maximum Gasteiger partial charge on any atom is 0.225 e. The highest BCUT2D eigenvalue weighted by Gasteiger charge is 2.36. The van der Waals surface area contributed by atoms with Crippen LogP contribution in [-0.4, -0.2) is 33.4 Å². The lowest BCUT2D eigenvalue weighted by Gasteiger charge is -2.18. The van der Waals surface area contributed by atoms with Crippen molar-refractivity contribution < 1.29 is 9.21 Å². The van der Waals surface area contributed by atoms with Crippen molar-refractivity contribution in [1.82, 2.24) is 14.5 Å². The fourth-order valence-corrected chi connectivity index (χ4v) is 5.63. The Morgan fingerprint density at radius 2 is 1.75 bits per heavy atom. The summed E-state index contributed by atoms with van der Waals surface area (Å²) in [6.45, 7) is 4.73. The van der Waals surface area contributed by atoms with E-state index in [2.05, 4.69) is 71.0 Å². The molecule has 5 heteroatoms. The maximum absolute atomic E-state index is 12.6. The summed E-state index contributed by atoms with van der Waals surface area (Å²) in [7, 11) is 0. The Bertz CT molecular complexity index is 1590. The molecule has 3 heterocycles. The van der Waals surface area contributed by atoms with Crippen LogP contribution in [0.3, 0.4) is 0 Å². The average Bonchev–Trinajstić information content (AvgIpc) is 3.30. The van der Waals surface area contributed by atoms with Gasteiger partial charge in [-0.2, -0.15) is 0 Å². The van der Waals surface area contributed by atoms with Gasteiger partial charge >= 0.3 is 0 Å². The van der Waals surface area contributed by atoms with E-state index in [4.69, 9.17) is 9.40 Å². The molecule has 2 fully saturated rings. The van der Waals surface area contributed by atoms with Crippen molar-refractivity contribution in [1.29, 1.82) is 0 Å². The van der Waals surface area contributed by atoms with Gasteiger partial charge in [0.2, 0.25) is 5.91 Å². The maximum atomic E-state index is 12.6. The Hall–Kier alpha value is -3.86. The van der Waals surface area contributed by atoms with Crippen LogP contribution in [0.2, 0.25) is 0 Å². The van der Waals surface area contributed by atoms with E-state index in [-0.39, 0.29) is 0 Å². The number of carbonyl (C=O) groups excluding carboxylic acids is 1. The van der Waals surface area contributed by atoms with Crippen molar-refractivity contribution >= 4 is 27.9 Å². The van der Waals surface area contributed by atoms with Crippen molar-refractivity contribution in [2.75, 3.05) is 13.1 Å². The number of hydrogen-bond donors (Lipinski definition) is 0. The van der Waals surface area contributed by atoms with Gasteiger partial charge < -0.3 is 13.9 Å². The molecule has 2 aromatic heterocycles. The first-order chi connectivity index (χ1) is 17.6. The van der Waals surface area contributed by atoms with Crippen molar-refractivity contribution in [2.45, 2.75) is 32.7 Å². The molecule has 36 heavy (non-hydrogen) atoms. The first-order valence-corrected chi connectivity index (χ1v) is 13.0. The van der Waals surface area contributed by atoms with Crippen LogP contribution in [0.25, 0.3) is 44.5 Å². The van der Waals surface area contributed by atoms with E-state index < -0.39 is 0 Å². The van der Waals surface area contributed by atoms with E-state index in [0.29, 0.717) is 17.7 Å². The Balaban J connectivity index is 1.21. The minimum absolute atomic E-state index is 0.295. The third kappa shape index (κ3) is 3.79. The lowest BCUT2D eigenvalue weighted by molar-refractivity contribution is -0.131. The SMILES string of the molecule is Cc1ccc2c(c1)nc(-c1ccc(-c3ccc4occc4c3)cc1)n2CC1CCN(C(=O)C2CC2)C1. The van der Waals surface area contributed by atoms with Crippen molar-refractivity contribution in [3.63, 3.8) is 0 Å². The number of furan rings is 1. The molecule has 0 N–H and O–H groups in total. The van der Waals surface area contributed by atoms with E-state index in [0.717, 1.165) is 72.3 Å². The number of amides is 1. The molecular weight excluding hydrogens is 446 g/mol. The van der Waals surface area contributed by atoms with E-state index in [1.54, 1.807) is 6.26 Å².